The molecular formula is C19H20ClNO3. The Kier molecular flexibility index (Phi) is 5.72. The van der Waals surface area contributed by atoms with Crippen LogP contribution in [-0.4, -0.2) is 25.2 Å². The molecule has 0 spiro atoms. The maximum absolute atomic E-state index is 12.3. The Labute approximate surface area is 146 Å². The molecule has 0 bridgehead atoms. The Balaban J connectivity index is 1.59. The van der Waals surface area contributed by atoms with E-state index in [1.807, 2.05) is 36.4 Å². The molecule has 1 saturated heterocycles. The molecule has 0 radical (unpaired) electrons. The van der Waals surface area contributed by atoms with Crippen molar-refractivity contribution in [3.05, 3.63) is 59.1 Å². The number of rotatable bonds is 6. The quantitative estimate of drug-likeness (QED) is 0.858. The Bertz CT molecular complexity index is 681. The fourth-order valence-corrected chi connectivity index (χ4v) is 2.76. The first-order chi connectivity index (χ1) is 11.7. The van der Waals surface area contributed by atoms with Gasteiger partial charge in [0.15, 0.2) is 0 Å². The van der Waals surface area contributed by atoms with Gasteiger partial charge in [0.25, 0.3) is 0 Å². The molecule has 0 unspecified atom stereocenters. The molecule has 4 nitrogen and oxygen atoms in total. The summed E-state index contributed by atoms with van der Waals surface area (Å²) in [5.74, 6) is 0.572. The summed E-state index contributed by atoms with van der Waals surface area (Å²) in [6, 6.07) is 14.7. The predicted octanol–water partition coefficient (Wildman–Crippen LogP) is 4.08. The minimum atomic E-state index is -0.0921. The van der Waals surface area contributed by atoms with Crippen LogP contribution in [0.5, 0.6) is 5.75 Å². The Hall–Kier alpha value is -2.04. The van der Waals surface area contributed by atoms with Crippen molar-refractivity contribution in [2.75, 3.05) is 18.5 Å². The van der Waals surface area contributed by atoms with Crippen molar-refractivity contribution in [1.82, 2.24) is 0 Å². The molecule has 1 N–H and O–H groups in total. The molecule has 0 aliphatic carbocycles. The lowest BCUT2D eigenvalue weighted by molar-refractivity contribution is -0.115. The van der Waals surface area contributed by atoms with Gasteiger partial charge in [-0.1, -0.05) is 35.9 Å². The first-order valence-corrected chi connectivity index (χ1v) is 8.46. The molecule has 1 fully saturated rings. The molecule has 1 atom stereocenters. The molecule has 126 valence electrons. The number of ether oxygens (including phenoxy) is 2. The van der Waals surface area contributed by atoms with Gasteiger partial charge in [-0.05, 0) is 42.7 Å². The fraction of sp³-hybridized carbons (Fsp3) is 0.316. The van der Waals surface area contributed by atoms with E-state index >= 15 is 0 Å². The van der Waals surface area contributed by atoms with Crippen LogP contribution in [0.25, 0.3) is 0 Å². The second-order valence-corrected chi connectivity index (χ2v) is 6.23. The van der Waals surface area contributed by atoms with Gasteiger partial charge in [-0.2, -0.15) is 0 Å². The van der Waals surface area contributed by atoms with E-state index in [9.17, 15) is 4.79 Å². The van der Waals surface area contributed by atoms with Crippen LogP contribution in [-0.2, 0) is 16.0 Å². The van der Waals surface area contributed by atoms with Gasteiger partial charge >= 0.3 is 0 Å². The second-order valence-electron chi connectivity index (χ2n) is 5.79. The summed E-state index contributed by atoms with van der Waals surface area (Å²) >= 11 is 5.86. The molecule has 1 aliphatic rings. The summed E-state index contributed by atoms with van der Waals surface area (Å²) in [5.41, 5.74) is 1.59. The highest BCUT2D eigenvalue weighted by Gasteiger charge is 2.17. The Morgan fingerprint density at radius 3 is 2.75 bits per heavy atom. The van der Waals surface area contributed by atoms with Crippen LogP contribution < -0.4 is 10.1 Å². The standard InChI is InChI=1S/C19H20ClNO3/c20-15-9-7-14(8-10-15)12-19(22)21-17-5-1-2-6-18(17)24-13-16-4-3-11-23-16/h1-2,5-10,16H,3-4,11-13H2,(H,21,22)/t16-/m0/s1. The van der Waals surface area contributed by atoms with Crippen LogP contribution in [0.1, 0.15) is 18.4 Å². The number of para-hydroxylation sites is 2. The second kappa shape index (κ2) is 8.18. The Morgan fingerprint density at radius 1 is 1.21 bits per heavy atom. The summed E-state index contributed by atoms with van der Waals surface area (Å²) in [7, 11) is 0. The number of nitrogens with one attached hydrogen (secondary N) is 1. The summed E-state index contributed by atoms with van der Waals surface area (Å²) in [4.78, 5) is 12.3. The van der Waals surface area contributed by atoms with E-state index in [2.05, 4.69) is 5.32 Å². The van der Waals surface area contributed by atoms with Gasteiger partial charge < -0.3 is 14.8 Å². The molecule has 2 aromatic carbocycles. The van der Waals surface area contributed by atoms with Crippen LogP contribution in [0.3, 0.4) is 0 Å². The van der Waals surface area contributed by atoms with Crippen LogP contribution in [0, 0.1) is 0 Å². The largest absolute Gasteiger partial charge is 0.489 e. The normalized spacial score (nSPS) is 16.8. The number of hydrogen-bond acceptors (Lipinski definition) is 3. The lowest BCUT2D eigenvalue weighted by Crippen LogP contribution is -2.18. The van der Waals surface area contributed by atoms with Gasteiger partial charge in [0.1, 0.15) is 12.4 Å². The molecule has 1 amide bonds. The monoisotopic (exact) mass is 345 g/mol. The van der Waals surface area contributed by atoms with Gasteiger partial charge in [0.05, 0.1) is 18.2 Å². The maximum Gasteiger partial charge on any atom is 0.228 e. The first kappa shape index (κ1) is 16.8. The highest BCUT2D eigenvalue weighted by atomic mass is 35.5. The highest BCUT2D eigenvalue weighted by Crippen LogP contribution is 2.25. The number of benzene rings is 2. The minimum Gasteiger partial charge on any atom is -0.489 e. The van der Waals surface area contributed by atoms with Crippen molar-refractivity contribution in [2.24, 2.45) is 0 Å². The van der Waals surface area contributed by atoms with Crippen molar-refractivity contribution >= 4 is 23.2 Å². The lowest BCUT2D eigenvalue weighted by atomic mass is 10.1. The van der Waals surface area contributed by atoms with Gasteiger partial charge in [0.2, 0.25) is 5.91 Å². The van der Waals surface area contributed by atoms with Crippen molar-refractivity contribution < 1.29 is 14.3 Å². The van der Waals surface area contributed by atoms with E-state index in [0.29, 0.717) is 23.1 Å². The molecule has 0 aromatic heterocycles. The summed E-state index contributed by atoms with van der Waals surface area (Å²) in [6.45, 7) is 1.30. The van der Waals surface area contributed by atoms with E-state index in [4.69, 9.17) is 21.1 Å². The van der Waals surface area contributed by atoms with Crippen LogP contribution in [0.4, 0.5) is 5.69 Å². The predicted molar refractivity (Wildman–Crippen MR) is 94.7 cm³/mol. The highest BCUT2D eigenvalue weighted by molar-refractivity contribution is 6.30. The van der Waals surface area contributed by atoms with Gasteiger partial charge in [0, 0.05) is 11.6 Å². The van der Waals surface area contributed by atoms with E-state index in [-0.39, 0.29) is 18.4 Å². The lowest BCUT2D eigenvalue weighted by Gasteiger charge is -2.15. The molecule has 24 heavy (non-hydrogen) atoms. The third-order valence-electron chi connectivity index (χ3n) is 3.89. The smallest absolute Gasteiger partial charge is 0.228 e. The topological polar surface area (TPSA) is 47.6 Å². The maximum atomic E-state index is 12.3. The molecule has 2 aromatic rings. The molecule has 3 rings (SSSR count). The van der Waals surface area contributed by atoms with Gasteiger partial charge in [-0.15, -0.1) is 0 Å². The Morgan fingerprint density at radius 2 is 2.00 bits per heavy atom. The van der Waals surface area contributed by atoms with Crippen LogP contribution in [0.2, 0.25) is 5.02 Å². The van der Waals surface area contributed by atoms with E-state index in [1.54, 1.807) is 12.1 Å². The zero-order valence-electron chi connectivity index (χ0n) is 13.3. The number of halogens is 1. The average Bonchev–Trinajstić information content (AvgIpc) is 3.10. The zero-order chi connectivity index (χ0) is 16.8. The summed E-state index contributed by atoms with van der Waals surface area (Å²) in [6.07, 6.45) is 2.53. The molecule has 0 saturated carbocycles. The van der Waals surface area contributed by atoms with E-state index in [1.165, 1.54) is 0 Å². The molecular weight excluding hydrogens is 326 g/mol. The molecule has 5 heteroatoms. The number of amides is 1. The van der Waals surface area contributed by atoms with Crippen LogP contribution >= 0.6 is 11.6 Å². The van der Waals surface area contributed by atoms with Gasteiger partial charge in [-0.25, -0.2) is 0 Å². The number of carbonyl (C=O) groups is 1. The van der Waals surface area contributed by atoms with Crippen molar-refractivity contribution in [1.29, 1.82) is 0 Å². The third kappa shape index (κ3) is 4.73. The van der Waals surface area contributed by atoms with Gasteiger partial charge in [-0.3, -0.25) is 4.79 Å². The van der Waals surface area contributed by atoms with Crippen molar-refractivity contribution in [3.8, 4) is 5.75 Å². The SMILES string of the molecule is O=C(Cc1ccc(Cl)cc1)Nc1ccccc1OC[C@@H]1CCCO1. The van der Waals surface area contributed by atoms with Crippen molar-refractivity contribution in [2.45, 2.75) is 25.4 Å². The average molecular weight is 346 g/mol. The third-order valence-corrected chi connectivity index (χ3v) is 4.14. The van der Waals surface area contributed by atoms with E-state index in [0.717, 1.165) is 25.0 Å². The number of carbonyl (C=O) groups excluding carboxylic acids is 1. The first-order valence-electron chi connectivity index (χ1n) is 8.08. The number of hydrogen-bond donors (Lipinski definition) is 1. The van der Waals surface area contributed by atoms with Crippen LogP contribution in [0.15, 0.2) is 48.5 Å². The van der Waals surface area contributed by atoms with E-state index < -0.39 is 0 Å². The fourth-order valence-electron chi connectivity index (χ4n) is 2.64. The van der Waals surface area contributed by atoms with Crippen molar-refractivity contribution in [3.63, 3.8) is 0 Å². The molecule has 1 heterocycles. The number of anilines is 1. The molecule has 1 aliphatic heterocycles. The zero-order valence-corrected chi connectivity index (χ0v) is 14.1. The summed E-state index contributed by atoms with van der Waals surface area (Å²) in [5, 5.41) is 3.57. The minimum absolute atomic E-state index is 0.0921. The summed E-state index contributed by atoms with van der Waals surface area (Å²) < 4.78 is 11.4.